The molecule has 0 spiro atoms. The molecule has 1 aliphatic carbocycles. The van der Waals surface area contributed by atoms with Crippen LogP contribution >= 0.6 is 0 Å². The Labute approximate surface area is 130 Å². The van der Waals surface area contributed by atoms with Gasteiger partial charge in [0.2, 0.25) is 0 Å². The zero-order chi connectivity index (χ0) is 15.7. The molecule has 0 amide bonds. The van der Waals surface area contributed by atoms with Gasteiger partial charge in [0.15, 0.2) is 0 Å². The Morgan fingerprint density at radius 3 is 2.59 bits per heavy atom. The average Bonchev–Trinajstić information content (AvgIpc) is 2.54. The van der Waals surface area contributed by atoms with Crippen LogP contribution in [0.1, 0.15) is 43.3 Å². The van der Waals surface area contributed by atoms with Gasteiger partial charge in [-0.2, -0.15) is 0 Å². The van der Waals surface area contributed by atoms with Gasteiger partial charge in [0, 0.05) is 22.7 Å². The highest BCUT2D eigenvalue weighted by Gasteiger charge is 2.24. The van der Waals surface area contributed by atoms with Crippen molar-refractivity contribution in [3.05, 3.63) is 47.2 Å². The van der Waals surface area contributed by atoms with Crippen molar-refractivity contribution < 1.29 is 4.39 Å². The summed E-state index contributed by atoms with van der Waals surface area (Å²) in [7, 11) is 0. The molecule has 2 N–H and O–H groups in total. The molecule has 0 aliphatic heterocycles. The Balaban J connectivity index is 2.12. The normalized spacial score (nSPS) is 17.6. The number of fused-ring (bicyclic) bond motifs is 1. The molecule has 4 heteroatoms. The SMILES string of the molecule is CC(C)c1nc2c(c(-c3ccc(F)cc3)n1)CCC(CN)C2. The van der Waals surface area contributed by atoms with E-state index in [0.717, 1.165) is 42.0 Å². The molecule has 1 atom stereocenters. The molecule has 3 nitrogen and oxygen atoms in total. The van der Waals surface area contributed by atoms with Crippen LogP contribution in [0.5, 0.6) is 0 Å². The molecule has 1 aromatic carbocycles. The quantitative estimate of drug-likeness (QED) is 0.944. The monoisotopic (exact) mass is 299 g/mol. The minimum atomic E-state index is -0.223. The Morgan fingerprint density at radius 1 is 1.23 bits per heavy atom. The van der Waals surface area contributed by atoms with E-state index in [1.54, 1.807) is 12.1 Å². The lowest BCUT2D eigenvalue weighted by Crippen LogP contribution is -2.24. The fourth-order valence-electron chi connectivity index (χ4n) is 3.01. The third kappa shape index (κ3) is 2.88. The summed E-state index contributed by atoms with van der Waals surface area (Å²) in [5.74, 6) is 1.40. The van der Waals surface area contributed by atoms with Gasteiger partial charge in [-0.15, -0.1) is 0 Å². The summed E-state index contributed by atoms with van der Waals surface area (Å²) >= 11 is 0. The summed E-state index contributed by atoms with van der Waals surface area (Å²) in [5.41, 5.74) is 10.1. The van der Waals surface area contributed by atoms with Crippen molar-refractivity contribution >= 4 is 0 Å². The third-order valence-corrected chi connectivity index (χ3v) is 4.36. The molecule has 0 radical (unpaired) electrons. The van der Waals surface area contributed by atoms with E-state index in [4.69, 9.17) is 15.7 Å². The van der Waals surface area contributed by atoms with Crippen LogP contribution in [0.25, 0.3) is 11.3 Å². The van der Waals surface area contributed by atoms with Crippen molar-refractivity contribution in [2.75, 3.05) is 6.54 Å². The number of hydrogen-bond acceptors (Lipinski definition) is 3. The Bertz CT molecular complexity index is 665. The van der Waals surface area contributed by atoms with Gasteiger partial charge < -0.3 is 5.73 Å². The number of hydrogen-bond donors (Lipinski definition) is 1. The molecule has 3 rings (SSSR count). The fourth-order valence-corrected chi connectivity index (χ4v) is 3.01. The first-order valence-electron chi connectivity index (χ1n) is 7.94. The van der Waals surface area contributed by atoms with Crippen molar-refractivity contribution in [3.63, 3.8) is 0 Å². The van der Waals surface area contributed by atoms with E-state index in [-0.39, 0.29) is 11.7 Å². The minimum Gasteiger partial charge on any atom is -0.330 e. The molecule has 2 aromatic rings. The van der Waals surface area contributed by atoms with Gasteiger partial charge in [-0.1, -0.05) is 13.8 Å². The van der Waals surface area contributed by atoms with E-state index >= 15 is 0 Å². The molecule has 1 aromatic heterocycles. The average molecular weight is 299 g/mol. The number of rotatable bonds is 3. The van der Waals surface area contributed by atoms with Crippen LogP contribution in [-0.4, -0.2) is 16.5 Å². The summed E-state index contributed by atoms with van der Waals surface area (Å²) in [4.78, 5) is 9.55. The lowest BCUT2D eigenvalue weighted by Gasteiger charge is -2.25. The highest BCUT2D eigenvalue weighted by atomic mass is 19.1. The lowest BCUT2D eigenvalue weighted by atomic mass is 9.85. The van der Waals surface area contributed by atoms with Crippen molar-refractivity contribution in [1.29, 1.82) is 0 Å². The minimum absolute atomic E-state index is 0.223. The van der Waals surface area contributed by atoms with Gasteiger partial charge in [0.05, 0.1) is 5.69 Å². The smallest absolute Gasteiger partial charge is 0.131 e. The number of aromatic nitrogens is 2. The van der Waals surface area contributed by atoms with Crippen molar-refractivity contribution in [3.8, 4) is 11.3 Å². The van der Waals surface area contributed by atoms with Gasteiger partial charge in [0.1, 0.15) is 11.6 Å². The topological polar surface area (TPSA) is 51.8 Å². The van der Waals surface area contributed by atoms with Crippen LogP contribution in [0.15, 0.2) is 24.3 Å². The summed E-state index contributed by atoms with van der Waals surface area (Å²) < 4.78 is 13.2. The summed E-state index contributed by atoms with van der Waals surface area (Å²) in [6, 6.07) is 6.59. The molecule has 116 valence electrons. The number of nitrogens with zero attached hydrogens (tertiary/aromatic N) is 2. The number of benzene rings is 1. The molecule has 22 heavy (non-hydrogen) atoms. The van der Waals surface area contributed by atoms with Crippen LogP contribution in [0.4, 0.5) is 4.39 Å². The van der Waals surface area contributed by atoms with Gasteiger partial charge >= 0.3 is 0 Å². The fraction of sp³-hybridized carbons (Fsp3) is 0.444. The Kier molecular flexibility index (Phi) is 4.21. The maximum absolute atomic E-state index is 13.2. The molecule has 0 saturated carbocycles. The van der Waals surface area contributed by atoms with Crippen LogP contribution < -0.4 is 5.73 Å². The maximum Gasteiger partial charge on any atom is 0.131 e. The van der Waals surface area contributed by atoms with E-state index in [9.17, 15) is 4.39 Å². The predicted molar refractivity (Wildman–Crippen MR) is 86.1 cm³/mol. The molecule has 1 unspecified atom stereocenters. The standard InChI is InChI=1S/C18H22FN3/c1-11(2)18-21-16-9-12(10-20)3-8-15(16)17(22-18)13-4-6-14(19)7-5-13/h4-7,11-12H,3,8-10,20H2,1-2H3. The second-order valence-corrected chi connectivity index (χ2v) is 6.36. The molecule has 0 fully saturated rings. The second kappa shape index (κ2) is 6.13. The molecular formula is C18H22FN3. The molecular weight excluding hydrogens is 277 g/mol. The molecule has 1 heterocycles. The van der Waals surface area contributed by atoms with E-state index in [2.05, 4.69) is 13.8 Å². The second-order valence-electron chi connectivity index (χ2n) is 6.36. The largest absolute Gasteiger partial charge is 0.330 e. The van der Waals surface area contributed by atoms with Crippen LogP contribution in [-0.2, 0) is 12.8 Å². The lowest BCUT2D eigenvalue weighted by molar-refractivity contribution is 0.458. The molecule has 0 bridgehead atoms. The van der Waals surface area contributed by atoms with Crippen LogP contribution in [0, 0.1) is 11.7 Å². The third-order valence-electron chi connectivity index (χ3n) is 4.36. The van der Waals surface area contributed by atoms with Gasteiger partial charge in [0.25, 0.3) is 0 Å². The van der Waals surface area contributed by atoms with E-state index in [1.165, 1.54) is 17.7 Å². The maximum atomic E-state index is 13.2. The van der Waals surface area contributed by atoms with Crippen molar-refractivity contribution in [2.24, 2.45) is 11.7 Å². The highest BCUT2D eigenvalue weighted by molar-refractivity contribution is 5.64. The first-order chi connectivity index (χ1) is 10.6. The van der Waals surface area contributed by atoms with E-state index < -0.39 is 0 Å². The Morgan fingerprint density at radius 2 is 1.95 bits per heavy atom. The Hall–Kier alpha value is -1.81. The van der Waals surface area contributed by atoms with Gasteiger partial charge in [-0.3, -0.25) is 0 Å². The van der Waals surface area contributed by atoms with Crippen molar-refractivity contribution in [1.82, 2.24) is 9.97 Å². The number of halogens is 1. The van der Waals surface area contributed by atoms with Gasteiger partial charge in [-0.05, 0) is 56.0 Å². The first kappa shape index (κ1) is 15.1. The van der Waals surface area contributed by atoms with Gasteiger partial charge in [-0.25, -0.2) is 14.4 Å². The molecule has 0 saturated heterocycles. The van der Waals surface area contributed by atoms with E-state index in [0.29, 0.717) is 12.5 Å². The van der Waals surface area contributed by atoms with Crippen molar-refractivity contribution in [2.45, 2.75) is 39.0 Å². The first-order valence-corrected chi connectivity index (χ1v) is 7.94. The number of nitrogens with two attached hydrogens (primary N) is 1. The zero-order valence-electron chi connectivity index (χ0n) is 13.1. The zero-order valence-corrected chi connectivity index (χ0v) is 13.1. The van der Waals surface area contributed by atoms with Crippen LogP contribution in [0.3, 0.4) is 0 Å². The predicted octanol–water partition coefficient (Wildman–Crippen LogP) is 3.47. The summed E-state index contributed by atoms with van der Waals surface area (Å²) in [6.45, 7) is 4.89. The molecule has 1 aliphatic rings. The van der Waals surface area contributed by atoms with Crippen LogP contribution in [0.2, 0.25) is 0 Å². The summed E-state index contributed by atoms with van der Waals surface area (Å²) in [6.07, 6.45) is 2.94. The summed E-state index contributed by atoms with van der Waals surface area (Å²) in [5, 5.41) is 0. The highest BCUT2D eigenvalue weighted by Crippen LogP contribution is 2.32. The van der Waals surface area contributed by atoms with E-state index in [1.807, 2.05) is 0 Å².